The Morgan fingerprint density at radius 3 is 1.00 bits per heavy atom. The van der Waals surface area contributed by atoms with Crippen molar-refractivity contribution in [1.82, 2.24) is 0 Å². The maximum atomic E-state index is 13.0. The molecule has 0 aromatic carbocycles. The van der Waals surface area contributed by atoms with Gasteiger partial charge < -0.3 is 0 Å². The van der Waals surface area contributed by atoms with Gasteiger partial charge in [0.1, 0.15) is 0 Å². The third-order valence-electron chi connectivity index (χ3n) is 2.63. The first kappa shape index (κ1) is 24.6. The van der Waals surface area contributed by atoms with E-state index in [0.717, 1.165) is 0 Å². The molecular weight excluding hydrogens is 527 g/mol. The van der Waals surface area contributed by atoms with Crippen molar-refractivity contribution < 1.29 is 70.2 Å². The summed E-state index contributed by atoms with van der Waals surface area (Å²) in [6.45, 7) is 0. The highest BCUT2D eigenvalue weighted by Gasteiger charge is 2.92. The first-order valence-corrected chi connectivity index (χ1v) is 6.14. The van der Waals surface area contributed by atoms with Gasteiger partial charge in [-0.05, 0) is 22.6 Å². The van der Waals surface area contributed by atoms with Gasteiger partial charge in [0.2, 0.25) is 0 Å². The fraction of sp³-hybridized carbons (Fsp3) is 1.00. The summed E-state index contributed by atoms with van der Waals surface area (Å²) in [5.74, 6) is -39.5. The van der Waals surface area contributed by atoms with Gasteiger partial charge in [0.05, 0.1) is 0 Å². The molecule has 0 aliphatic rings. The predicted octanol–water partition coefficient (Wildman–Crippen LogP) is 6.09. The Bertz CT molecular complexity index is 487. The van der Waals surface area contributed by atoms with E-state index >= 15 is 0 Å². The van der Waals surface area contributed by atoms with E-state index in [0.29, 0.717) is 0 Å². The Kier molecular flexibility index (Phi) is 5.97. The summed E-state index contributed by atoms with van der Waals surface area (Å²) in [6, 6.07) is 0. The normalized spacial score (nSPS) is 18.5. The first-order chi connectivity index (χ1) is 10.4. The zero-order valence-corrected chi connectivity index (χ0v) is 12.7. The molecule has 152 valence electrons. The highest BCUT2D eigenvalue weighted by atomic mass is 127. The Labute approximate surface area is 139 Å². The molecule has 0 nitrogen and oxygen atoms in total. The van der Waals surface area contributed by atoms with Crippen molar-refractivity contribution in [2.45, 2.75) is 45.9 Å². The summed E-state index contributed by atoms with van der Waals surface area (Å²) >= 11 is -1.18. The summed E-state index contributed by atoms with van der Waals surface area (Å²) in [5.41, 5.74) is 0. The van der Waals surface area contributed by atoms with Crippen molar-refractivity contribution in [1.29, 1.82) is 0 Å². The van der Waals surface area contributed by atoms with Gasteiger partial charge in [0, 0.05) is 0 Å². The summed E-state index contributed by atoms with van der Waals surface area (Å²) in [6.07, 6.45) is -12.9. The lowest BCUT2D eigenvalue weighted by atomic mass is 9.92. The second kappa shape index (κ2) is 6.07. The zero-order chi connectivity index (χ0) is 21.1. The van der Waals surface area contributed by atoms with Gasteiger partial charge in [0.25, 0.3) is 0 Å². The van der Waals surface area contributed by atoms with Crippen LogP contribution in [-0.4, -0.2) is 45.9 Å². The lowest BCUT2D eigenvalue weighted by Gasteiger charge is -2.42. The molecule has 0 aliphatic heterocycles. The highest BCUT2D eigenvalue weighted by Crippen LogP contribution is 2.64. The van der Waals surface area contributed by atoms with Crippen LogP contribution in [0.2, 0.25) is 0 Å². The smallest absolute Gasteiger partial charge is 0.215 e. The number of hydrogen-bond donors (Lipinski definition) is 0. The molecule has 0 saturated carbocycles. The Morgan fingerprint density at radius 1 is 0.480 bits per heavy atom. The van der Waals surface area contributed by atoms with Crippen LogP contribution in [0.25, 0.3) is 0 Å². The van der Waals surface area contributed by atoms with Gasteiger partial charge in [0.15, 0.2) is 0 Å². The average molecular weight is 528 g/mol. The van der Waals surface area contributed by atoms with Gasteiger partial charge in [-0.2, -0.15) is 57.1 Å². The van der Waals surface area contributed by atoms with Crippen LogP contribution >= 0.6 is 22.6 Å². The molecule has 0 aliphatic carbocycles. The Morgan fingerprint density at radius 2 is 0.760 bits per heavy atom. The van der Waals surface area contributed by atoms with E-state index in [-0.39, 0.29) is 0 Å². The number of alkyl halides is 17. The zero-order valence-electron chi connectivity index (χ0n) is 10.5. The third kappa shape index (κ3) is 3.10. The molecule has 0 rings (SSSR count). The Hall–Kier alpha value is -0.390. The number of hydrogen-bond acceptors (Lipinski definition) is 0. The standard InChI is InChI=1S/C8HF16I/c9-1(10)2(11,12)3(13,14)4(15,16)5(17,18)6(19,20)7(21,25)8(22,23)24/h1H. The Balaban J connectivity index is 6.50. The van der Waals surface area contributed by atoms with Crippen LogP contribution in [0.15, 0.2) is 0 Å². The predicted molar refractivity (Wildman–Crippen MR) is 54.7 cm³/mol. The van der Waals surface area contributed by atoms with Gasteiger partial charge in [-0.1, -0.05) is 0 Å². The maximum absolute atomic E-state index is 13.0. The highest BCUT2D eigenvalue weighted by molar-refractivity contribution is 14.1. The van der Waals surface area contributed by atoms with Crippen LogP contribution in [-0.2, 0) is 0 Å². The van der Waals surface area contributed by atoms with Crippen molar-refractivity contribution in [2.24, 2.45) is 0 Å². The van der Waals surface area contributed by atoms with Crippen LogP contribution in [0.1, 0.15) is 0 Å². The van der Waals surface area contributed by atoms with E-state index in [1.165, 1.54) is 0 Å². The molecule has 0 aromatic rings. The third-order valence-corrected chi connectivity index (χ3v) is 3.92. The van der Waals surface area contributed by atoms with Crippen LogP contribution in [0.5, 0.6) is 0 Å². The molecule has 0 saturated heterocycles. The largest absolute Gasteiger partial charge is 0.438 e. The average Bonchev–Trinajstić information content (AvgIpc) is 2.35. The van der Waals surface area contributed by atoms with Crippen LogP contribution in [0.4, 0.5) is 70.2 Å². The van der Waals surface area contributed by atoms with Crippen LogP contribution in [0.3, 0.4) is 0 Å². The quantitative estimate of drug-likeness (QED) is 0.223. The molecule has 1 atom stereocenters. The maximum Gasteiger partial charge on any atom is 0.438 e. The van der Waals surface area contributed by atoms with Gasteiger partial charge in [-0.25, -0.2) is 13.2 Å². The van der Waals surface area contributed by atoms with Crippen molar-refractivity contribution >= 4 is 22.6 Å². The summed E-state index contributed by atoms with van der Waals surface area (Å²) in [4.78, 5) is 0. The summed E-state index contributed by atoms with van der Waals surface area (Å²) in [5, 5.41) is 0. The number of halogens is 17. The molecule has 25 heavy (non-hydrogen) atoms. The second-order valence-electron chi connectivity index (χ2n) is 4.29. The van der Waals surface area contributed by atoms with Crippen LogP contribution in [0, 0.1) is 0 Å². The lowest BCUT2D eigenvalue weighted by Crippen LogP contribution is -2.72. The SMILES string of the molecule is FC(F)C(F)(F)C(F)(F)C(F)(F)C(F)(F)C(F)(F)C(F)(I)C(F)(F)F. The molecule has 0 heterocycles. The molecule has 0 spiro atoms. The molecule has 1 unspecified atom stereocenters. The fourth-order valence-corrected chi connectivity index (χ4v) is 1.45. The topological polar surface area (TPSA) is 0 Å². The summed E-state index contributed by atoms with van der Waals surface area (Å²) in [7, 11) is 0. The van der Waals surface area contributed by atoms with Crippen molar-refractivity contribution in [3.8, 4) is 0 Å². The van der Waals surface area contributed by atoms with Gasteiger partial charge >= 0.3 is 45.9 Å². The molecule has 0 bridgehead atoms. The van der Waals surface area contributed by atoms with E-state index in [9.17, 15) is 70.2 Å². The summed E-state index contributed by atoms with van der Waals surface area (Å²) < 4.78 is 194. The molecular formula is C8HF16I. The van der Waals surface area contributed by atoms with E-state index < -0.39 is 68.5 Å². The van der Waals surface area contributed by atoms with E-state index in [2.05, 4.69) is 0 Å². The van der Waals surface area contributed by atoms with E-state index in [1.54, 1.807) is 0 Å². The van der Waals surface area contributed by atoms with Crippen molar-refractivity contribution in [3.05, 3.63) is 0 Å². The monoisotopic (exact) mass is 528 g/mol. The van der Waals surface area contributed by atoms with E-state index in [4.69, 9.17) is 0 Å². The minimum atomic E-state index is -8.23. The van der Waals surface area contributed by atoms with Crippen molar-refractivity contribution in [3.63, 3.8) is 0 Å². The van der Waals surface area contributed by atoms with Crippen LogP contribution < -0.4 is 0 Å². The van der Waals surface area contributed by atoms with Gasteiger partial charge in [-0.3, -0.25) is 0 Å². The molecule has 0 radical (unpaired) electrons. The minimum Gasteiger partial charge on any atom is -0.215 e. The molecule has 0 amide bonds. The van der Waals surface area contributed by atoms with Gasteiger partial charge in [-0.15, -0.1) is 0 Å². The first-order valence-electron chi connectivity index (χ1n) is 5.06. The molecule has 0 aromatic heterocycles. The fourth-order valence-electron chi connectivity index (χ4n) is 1.12. The molecule has 0 N–H and O–H groups in total. The molecule has 17 heteroatoms. The lowest BCUT2D eigenvalue weighted by molar-refractivity contribution is -0.428. The van der Waals surface area contributed by atoms with Crippen molar-refractivity contribution in [2.75, 3.05) is 0 Å². The minimum absolute atomic E-state index is 1.18. The number of rotatable bonds is 6. The van der Waals surface area contributed by atoms with E-state index in [1.807, 2.05) is 0 Å². The second-order valence-corrected chi connectivity index (χ2v) is 5.78. The molecule has 0 fully saturated rings.